The van der Waals surface area contributed by atoms with E-state index in [9.17, 15) is 9.18 Å². The molecule has 2 rings (SSSR count). The summed E-state index contributed by atoms with van der Waals surface area (Å²) in [5.41, 5.74) is 1.59. The molecule has 0 saturated heterocycles. The summed E-state index contributed by atoms with van der Waals surface area (Å²) in [4.78, 5) is 13.6. The van der Waals surface area contributed by atoms with Gasteiger partial charge in [0.25, 0.3) is 0 Å². The second-order valence-corrected chi connectivity index (χ2v) is 5.53. The summed E-state index contributed by atoms with van der Waals surface area (Å²) in [6.07, 6.45) is 0. The highest BCUT2D eigenvalue weighted by Crippen LogP contribution is 2.20. The Bertz CT molecular complexity index is 677. The first kappa shape index (κ1) is 17.1. The minimum Gasteiger partial charge on any atom is -0.492 e. The third kappa shape index (κ3) is 5.14. The van der Waals surface area contributed by atoms with Crippen LogP contribution in [0.25, 0.3) is 0 Å². The molecule has 0 unspecified atom stereocenters. The molecule has 6 heteroatoms. The van der Waals surface area contributed by atoms with Crippen molar-refractivity contribution in [1.29, 1.82) is 0 Å². The molecule has 2 amide bonds. The Balaban J connectivity index is 1.80. The van der Waals surface area contributed by atoms with Gasteiger partial charge in [-0.05, 0) is 48.9 Å². The predicted molar refractivity (Wildman–Crippen MR) is 89.7 cm³/mol. The van der Waals surface area contributed by atoms with Crippen molar-refractivity contribution in [3.63, 3.8) is 0 Å². The van der Waals surface area contributed by atoms with Crippen LogP contribution < -0.4 is 10.1 Å². The molecule has 0 aliphatic carbocycles. The van der Waals surface area contributed by atoms with Gasteiger partial charge in [0.1, 0.15) is 18.2 Å². The van der Waals surface area contributed by atoms with Gasteiger partial charge in [0.05, 0.1) is 6.54 Å². The largest absolute Gasteiger partial charge is 0.492 e. The van der Waals surface area contributed by atoms with Crippen LogP contribution in [0.4, 0.5) is 14.9 Å². The number of hydrogen-bond donors (Lipinski definition) is 1. The highest BCUT2D eigenvalue weighted by Gasteiger charge is 2.09. The number of amides is 2. The number of benzene rings is 2. The molecule has 0 radical (unpaired) electrons. The lowest BCUT2D eigenvalue weighted by Gasteiger charge is -2.18. The Morgan fingerprint density at radius 1 is 1.26 bits per heavy atom. The number of nitrogens with zero attached hydrogens (tertiary/aromatic N) is 1. The maximum atomic E-state index is 12.8. The fraction of sp³-hybridized carbons (Fsp3) is 0.235. The maximum Gasteiger partial charge on any atom is 0.321 e. The quantitative estimate of drug-likeness (QED) is 0.883. The molecular formula is C17H18ClFN2O2. The van der Waals surface area contributed by atoms with E-state index < -0.39 is 0 Å². The number of carbonyl (C=O) groups excluding carboxylic acids is 1. The molecule has 0 atom stereocenters. The summed E-state index contributed by atoms with van der Waals surface area (Å²) >= 11 is 6.03. The first-order chi connectivity index (χ1) is 11.0. The zero-order valence-electron chi connectivity index (χ0n) is 13.0. The van der Waals surface area contributed by atoms with Crippen molar-refractivity contribution in [2.75, 3.05) is 25.5 Å². The lowest BCUT2D eigenvalue weighted by atomic mass is 10.2. The number of anilines is 1. The second kappa shape index (κ2) is 7.83. The number of urea groups is 1. The van der Waals surface area contributed by atoms with Crippen LogP contribution in [-0.2, 0) is 0 Å². The zero-order chi connectivity index (χ0) is 16.8. The van der Waals surface area contributed by atoms with E-state index in [4.69, 9.17) is 16.3 Å². The molecule has 4 nitrogen and oxygen atoms in total. The Labute approximate surface area is 139 Å². The number of halogens is 2. The number of hydrogen-bond acceptors (Lipinski definition) is 2. The average molecular weight is 337 g/mol. The fourth-order valence-electron chi connectivity index (χ4n) is 1.82. The smallest absolute Gasteiger partial charge is 0.321 e. The molecule has 23 heavy (non-hydrogen) atoms. The van der Waals surface area contributed by atoms with Crippen molar-refractivity contribution in [3.05, 3.63) is 58.9 Å². The van der Waals surface area contributed by atoms with Crippen molar-refractivity contribution in [2.24, 2.45) is 0 Å². The third-order valence-electron chi connectivity index (χ3n) is 3.28. The molecule has 0 saturated carbocycles. The van der Waals surface area contributed by atoms with Crippen LogP contribution in [0, 0.1) is 12.7 Å². The molecule has 0 aliphatic heterocycles. The van der Waals surface area contributed by atoms with Gasteiger partial charge in [-0.15, -0.1) is 0 Å². The first-order valence-electron chi connectivity index (χ1n) is 7.12. The topological polar surface area (TPSA) is 41.6 Å². The van der Waals surface area contributed by atoms with Gasteiger partial charge in [0, 0.05) is 17.8 Å². The van der Waals surface area contributed by atoms with Crippen molar-refractivity contribution in [3.8, 4) is 5.75 Å². The van der Waals surface area contributed by atoms with Crippen molar-refractivity contribution < 1.29 is 13.9 Å². The molecule has 1 N–H and O–H groups in total. The summed E-state index contributed by atoms with van der Waals surface area (Å²) in [5.74, 6) is 0.246. The number of carbonyl (C=O) groups is 1. The van der Waals surface area contributed by atoms with Gasteiger partial charge in [0.15, 0.2) is 0 Å². The van der Waals surface area contributed by atoms with Gasteiger partial charge in [-0.3, -0.25) is 0 Å². The Hall–Kier alpha value is -2.27. The number of nitrogens with one attached hydrogen (secondary N) is 1. The number of aryl methyl sites for hydroxylation is 1. The zero-order valence-corrected chi connectivity index (χ0v) is 13.7. The van der Waals surface area contributed by atoms with Crippen molar-refractivity contribution in [2.45, 2.75) is 6.92 Å². The van der Waals surface area contributed by atoms with E-state index in [1.165, 1.54) is 17.0 Å². The van der Waals surface area contributed by atoms with Gasteiger partial charge in [-0.25, -0.2) is 9.18 Å². The van der Waals surface area contributed by atoms with E-state index in [1.807, 2.05) is 13.0 Å². The Morgan fingerprint density at radius 2 is 1.96 bits per heavy atom. The molecule has 0 aromatic heterocycles. The van der Waals surface area contributed by atoms with Crippen LogP contribution >= 0.6 is 11.6 Å². The molecule has 0 spiro atoms. The number of ether oxygens (including phenoxy) is 1. The lowest BCUT2D eigenvalue weighted by Crippen LogP contribution is -2.34. The summed E-state index contributed by atoms with van der Waals surface area (Å²) in [7, 11) is 1.67. The molecule has 2 aromatic rings. The van der Waals surface area contributed by atoms with Crippen LogP contribution in [0.2, 0.25) is 5.02 Å². The van der Waals surface area contributed by atoms with Crippen LogP contribution in [-0.4, -0.2) is 31.1 Å². The molecular weight excluding hydrogens is 319 g/mol. The monoisotopic (exact) mass is 336 g/mol. The van der Waals surface area contributed by atoms with E-state index in [1.54, 1.807) is 31.3 Å². The molecule has 0 fully saturated rings. The number of likely N-dealkylation sites (N-methyl/N-ethyl adjacent to an activating group) is 1. The summed E-state index contributed by atoms with van der Waals surface area (Å²) < 4.78 is 18.2. The predicted octanol–water partition coefficient (Wildman–Crippen LogP) is 4.33. The number of rotatable bonds is 5. The van der Waals surface area contributed by atoms with Gasteiger partial charge in [-0.1, -0.05) is 17.7 Å². The van der Waals surface area contributed by atoms with E-state index in [0.717, 1.165) is 5.56 Å². The summed E-state index contributed by atoms with van der Waals surface area (Å²) in [6.45, 7) is 2.60. The molecule has 0 bridgehead atoms. The minimum atomic E-state index is -0.314. The SMILES string of the molecule is Cc1ccc(NC(=O)N(C)CCOc2ccc(F)cc2)cc1Cl. The van der Waals surface area contributed by atoms with Gasteiger partial charge >= 0.3 is 6.03 Å². The maximum absolute atomic E-state index is 12.8. The van der Waals surface area contributed by atoms with Gasteiger partial charge in [-0.2, -0.15) is 0 Å². The third-order valence-corrected chi connectivity index (χ3v) is 3.69. The summed E-state index contributed by atoms with van der Waals surface area (Å²) in [6, 6.07) is 10.8. The van der Waals surface area contributed by atoms with E-state index in [0.29, 0.717) is 29.6 Å². The molecule has 0 aliphatic rings. The van der Waals surface area contributed by atoms with Crippen LogP contribution in [0.5, 0.6) is 5.75 Å². The standard InChI is InChI=1S/C17H18ClFN2O2/c1-12-3-6-14(11-16(12)18)20-17(22)21(2)9-10-23-15-7-4-13(19)5-8-15/h3-8,11H,9-10H2,1-2H3,(H,20,22). The average Bonchev–Trinajstić information content (AvgIpc) is 2.52. The van der Waals surface area contributed by atoms with Gasteiger partial charge < -0.3 is 15.0 Å². The second-order valence-electron chi connectivity index (χ2n) is 5.12. The van der Waals surface area contributed by atoms with E-state index >= 15 is 0 Å². The van der Waals surface area contributed by atoms with E-state index in [-0.39, 0.29) is 11.8 Å². The Morgan fingerprint density at radius 3 is 2.61 bits per heavy atom. The Kier molecular flexibility index (Phi) is 5.82. The molecule has 2 aromatic carbocycles. The molecule has 0 heterocycles. The lowest BCUT2D eigenvalue weighted by molar-refractivity contribution is 0.207. The highest BCUT2D eigenvalue weighted by molar-refractivity contribution is 6.31. The molecule has 122 valence electrons. The first-order valence-corrected chi connectivity index (χ1v) is 7.50. The van der Waals surface area contributed by atoms with Crippen LogP contribution in [0.3, 0.4) is 0 Å². The minimum absolute atomic E-state index is 0.257. The highest BCUT2D eigenvalue weighted by atomic mass is 35.5. The van der Waals surface area contributed by atoms with E-state index in [2.05, 4.69) is 5.32 Å². The summed E-state index contributed by atoms with van der Waals surface area (Å²) in [5, 5.41) is 3.37. The van der Waals surface area contributed by atoms with Crippen LogP contribution in [0.15, 0.2) is 42.5 Å². The normalized spacial score (nSPS) is 10.3. The van der Waals surface area contributed by atoms with Crippen LogP contribution in [0.1, 0.15) is 5.56 Å². The van der Waals surface area contributed by atoms with Gasteiger partial charge in [0.2, 0.25) is 0 Å². The van der Waals surface area contributed by atoms with Crippen molar-refractivity contribution >= 4 is 23.3 Å². The fourth-order valence-corrected chi connectivity index (χ4v) is 2.00. The van der Waals surface area contributed by atoms with Crippen molar-refractivity contribution in [1.82, 2.24) is 4.90 Å².